The second-order valence-electron chi connectivity index (χ2n) is 2.96. The van der Waals surface area contributed by atoms with Crippen molar-refractivity contribution in [3.8, 4) is 0 Å². The molecule has 0 aromatic rings. The Morgan fingerprint density at radius 1 is 1.57 bits per heavy atom. The Morgan fingerprint density at radius 2 is 2.07 bits per heavy atom. The van der Waals surface area contributed by atoms with E-state index in [-0.39, 0.29) is 18.7 Å². The fourth-order valence-corrected chi connectivity index (χ4v) is 1.63. The van der Waals surface area contributed by atoms with Crippen LogP contribution in [0.2, 0.25) is 0 Å². The molecule has 0 aromatic heterocycles. The fourth-order valence-electron chi connectivity index (χ4n) is 0.804. The van der Waals surface area contributed by atoms with E-state index in [2.05, 4.69) is 0 Å². The molecule has 6 nitrogen and oxygen atoms in total. The first kappa shape index (κ1) is 13.3. The Hall–Kier alpha value is -0.660. The van der Waals surface area contributed by atoms with Crippen LogP contribution in [0.1, 0.15) is 13.3 Å². The Morgan fingerprint density at radius 3 is 2.43 bits per heavy atom. The summed E-state index contributed by atoms with van der Waals surface area (Å²) in [5.41, 5.74) is 5.23. The van der Waals surface area contributed by atoms with E-state index in [0.29, 0.717) is 0 Å². The number of nitrogens with zero attached hydrogens (tertiary/aromatic N) is 1. The largest absolute Gasteiger partial charge is 0.480 e. The first-order valence-corrected chi connectivity index (χ1v) is 5.84. The van der Waals surface area contributed by atoms with Gasteiger partial charge in [-0.25, -0.2) is 12.7 Å². The fraction of sp³-hybridized carbons (Fsp3) is 0.857. The van der Waals surface area contributed by atoms with E-state index in [0.717, 1.165) is 4.31 Å². The second kappa shape index (κ2) is 5.28. The number of carboxylic acids is 1. The SMILES string of the molecule is CCS(=O)(=O)N(C)CC[C@H](N)C(=O)O. The highest BCUT2D eigenvalue weighted by molar-refractivity contribution is 7.89. The summed E-state index contributed by atoms with van der Waals surface area (Å²) in [7, 11) is -1.82. The number of carboxylic acid groups (broad SMARTS) is 1. The topological polar surface area (TPSA) is 101 Å². The van der Waals surface area contributed by atoms with Crippen molar-refractivity contribution in [3.63, 3.8) is 0 Å². The van der Waals surface area contributed by atoms with Crippen molar-refractivity contribution >= 4 is 16.0 Å². The second-order valence-corrected chi connectivity index (χ2v) is 5.32. The molecule has 14 heavy (non-hydrogen) atoms. The van der Waals surface area contributed by atoms with Crippen LogP contribution in [0.4, 0.5) is 0 Å². The Labute approximate surface area is 83.7 Å². The monoisotopic (exact) mass is 224 g/mol. The molecule has 0 saturated carbocycles. The number of rotatable bonds is 6. The third-order valence-electron chi connectivity index (χ3n) is 1.91. The lowest BCUT2D eigenvalue weighted by atomic mass is 10.2. The molecule has 0 amide bonds. The Balaban J connectivity index is 4.10. The molecule has 0 aliphatic rings. The van der Waals surface area contributed by atoms with Gasteiger partial charge in [0.15, 0.2) is 0 Å². The van der Waals surface area contributed by atoms with Gasteiger partial charge < -0.3 is 10.8 Å². The molecule has 0 fully saturated rings. The number of carbonyl (C=O) groups is 1. The molecule has 0 aromatic carbocycles. The molecule has 0 aliphatic heterocycles. The lowest BCUT2D eigenvalue weighted by molar-refractivity contribution is -0.138. The summed E-state index contributed by atoms with van der Waals surface area (Å²) in [5, 5.41) is 8.46. The van der Waals surface area contributed by atoms with E-state index in [4.69, 9.17) is 10.8 Å². The molecule has 3 N–H and O–H groups in total. The van der Waals surface area contributed by atoms with E-state index in [1.165, 1.54) is 14.0 Å². The van der Waals surface area contributed by atoms with E-state index in [1.54, 1.807) is 0 Å². The summed E-state index contributed by atoms with van der Waals surface area (Å²) in [6, 6.07) is -1.01. The van der Waals surface area contributed by atoms with Crippen LogP contribution in [0.5, 0.6) is 0 Å². The maximum absolute atomic E-state index is 11.2. The van der Waals surface area contributed by atoms with Crippen molar-refractivity contribution in [2.24, 2.45) is 5.73 Å². The van der Waals surface area contributed by atoms with Crippen LogP contribution < -0.4 is 5.73 Å². The van der Waals surface area contributed by atoms with E-state index >= 15 is 0 Å². The third kappa shape index (κ3) is 4.03. The minimum Gasteiger partial charge on any atom is -0.480 e. The molecule has 84 valence electrons. The first-order valence-electron chi connectivity index (χ1n) is 4.23. The molecule has 0 aliphatic carbocycles. The normalized spacial score (nSPS) is 14.3. The van der Waals surface area contributed by atoms with Gasteiger partial charge in [-0.15, -0.1) is 0 Å². The quantitative estimate of drug-likeness (QED) is 0.607. The predicted molar refractivity (Wildman–Crippen MR) is 52.3 cm³/mol. The van der Waals surface area contributed by atoms with Crippen molar-refractivity contribution in [2.45, 2.75) is 19.4 Å². The summed E-state index contributed by atoms with van der Waals surface area (Å²) in [6.07, 6.45) is 0.116. The average molecular weight is 224 g/mol. The Kier molecular flexibility index (Phi) is 5.03. The van der Waals surface area contributed by atoms with Crippen molar-refractivity contribution in [2.75, 3.05) is 19.3 Å². The van der Waals surface area contributed by atoms with Crippen LogP contribution in [-0.2, 0) is 14.8 Å². The lowest BCUT2D eigenvalue weighted by Crippen LogP contribution is -2.36. The summed E-state index contributed by atoms with van der Waals surface area (Å²) in [6.45, 7) is 1.66. The molecule has 0 rings (SSSR count). The van der Waals surface area contributed by atoms with Gasteiger partial charge >= 0.3 is 5.97 Å². The molecule has 0 spiro atoms. The highest BCUT2D eigenvalue weighted by Crippen LogP contribution is 2.00. The van der Waals surface area contributed by atoms with Gasteiger partial charge in [0, 0.05) is 13.6 Å². The van der Waals surface area contributed by atoms with E-state index in [1.807, 2.05) is 0 Å². The van der Waals surface area contributed by atoms with Gasteiger partial charge in [-0.2, -0.15) is 0 Å². The first-order chi connectivity index (χ1) is 6.31. The molecule has 0 radical (unpaired) electrons. The van der Waals surface area contributed by atoms with E-state index < -0.39 is 22.0 Å². The summed E-state index contributed by atoms with van der Waals surface area (Å²) in [4.78, 5) is 10.3. The van der Waals surface area contributed by atoms with Crippen LogP contribution >= 0.6 is 0 Å². The van der Waals surface area contributed by atoms with Crippen molar-refractivity contribution < 1.29 is 18.3 Å². The minimum atomic E-state index is -3.23. The standard InChI is InChI=1S/C7H16N2O4S/c1-3-14(12,13)9(2)5-4-6(8)7(10)11/h6H,3-5,8H2,1-2H3,(H,10,11)/t6-/m0/s1. The zero-order valence-corrected chi connectivity index (χ0v) is 9.12. The maximum Gasteiger partial charge on any atom is 0.320 e. The predicted octanol–water partition coefficient (Wildman–Crippen LogP) is -0.930. The zero-order chi connectivity index (χ0) is 11.4. The van der Waals surface area contributed by atoms with E-state index in [9.17, 15) is 13.2 Å². The lowest BCUT2D eigenvalue weighted by Gasteiger charge is -2.16. The molecular formula is C7H16N2O4S. The minimum absolute atomic E-state index is 0.00576. The number of hydrogen-bond acceptors (Lipinski definition) is 4. The molecule has 7 heteroatoms. The summed E-state index contributed by atoms with van der Waals surface area (Å²) >= 11 is 0. The maximum atomic E-state index is 11.2. The molecule has 0 heterocycles. The molecule has 0 unspecified atom stereocenters. The third-order valence-corrected chi connectivity index (χ3v) is 3.77. The molecule has 0 saturated heterocycles. The van der Waals surface area contributed by atoms with Gasteiger partial charge in [-0.1, -0.05) is 0 Å². The van der Waals surface area contributed by atoms with Crippen molar-refractivity contribution in [3.05, 3.63) is 0 Å². The summed E-state index contributed by atoms with van der Waals surface area (Å²) < 4.78 is 23.6. The summed E-state index contributed by atoms with van der Waals surface area (Å²) in [5.74, 6) is -1.11. The van der Waals surface area contributed by atoms with Crippen LogP contribution in [0.25, 0.3) is 0 Å². The highest BCUT2D eigenvalue weighted by Gasteiger charge is 2.18. The van der Waals surface area contributed by atoms with Gasteiger partial charge in [-0.3, -0.25) is 4.79 Å². The van der Waals surface area contributed by atoms with Gasteiger partial charge in [0.05, 0.1) is 5.75 Å². The highest BCUT2D eigenvalue weighted by atomic mass is 32.2. The van der Waals surface area contributed by atoms with Crippen LogP contribution in [-0.4, -0.2) is 49.2 Å². The average Bonchev–Trinajstić information content (AvgIpc) is 2.13. The van der Waals surface area contributed by atoms with Crippen molar-refractivity contribution in [1.82, 2.24) is 4.31 Å². The number of nitrogens with two attached hydrogens (primary N) is 1. The zero-order valence-electron chi connectivity index (χ0n) is 8.30. The van der Waals surface area contributed by atoms with Crippen LogP contribution in [0.15, 0.2) is 0 Å². The van der Waals surface area contributed by atoms with Gasteiger partial charge in [-0.05, 0) is 13.3 Å². The van der Waals surface area contributed by atoms with Gasteiger partial charge in [0.1, 0.15) is 6.04 Å². The number of aliphatic carboxylic acids is 1. The number of hydrogen-bond donors (Lipinski definition) is 2. The molecule has 0 bridgehead atoms. The van der Waals surface area contributed by atoms with Crippen LogP contribution in [0.3, 0.4) is 0 Å². The van der Waals surface area contributed by atoms with Gasteiger partial charge in [0.25, 0.3) is 0 Å². The molecule has 1 atom stereocenters. The van der Waals surface area contributed by atoms with Crippen LogP contribution in [0, 0.1) is 0 Å². The van der Waals surface area contributed by atoms with Gasteiger partial charge in [0.2, 0.25) is 10.0 Å². The molecular weight excluding hydrogens is 208 g/mol. The Bertz CT molecular complexity index is 288. The van der Waals surface area contributed by atoms with Crippen molar-refractivity contribution in [1.29, 1.82) is 0 Å². The smallest absolute Gasteiger partial charge is 0.320 e. The number of sulfonamides is 1.